The second kappa shape index (κ2) is 5.77. The topological polar surface area (TPSA) is 83.2 Å². The zero-order valence-electron chi connectivity index (χ0n) is 11.2. The third kappa shape index (κ3) is 2.46. The van der Waals surface area contributed by atoms with E-state index >= 15 is 0 Å². The van der Waals surface area contributed by atoms with Crippen LogP contribution in [0.5, 0.6) is 0 Å². The Balaban J connectivity index is 1.74. The number of nitrogens with two attached hydrogens (primary N) is 1. The van der Waals surface area contributed by atoms with Gasteiger partial charge >= 0.3 is 0 Å². The zero-order chi connectivity index (χ0) is 14.1. The van der Waals surface area contributed by atoms with Gasteiger partial charge in [0.05, 0.1) is 12.6 Å². The predicted molar refractivity (Wildman–Crippen MR) is 69.7 cm³/mol. The molecule has 0 radical (unpaired) electrons. The number of aliphatic hydroxyl groups excluding tert-OH is 1. The van der Waals surface area contributed by atoms with Gasteiger partial charge in [-0.15, -0.1) is 0 Å². The molecule has 0 aromatic heterocycles. The lowest BCUT2D eigenvalue weighted by atomic mass is 9.96. The quantitative estimate of drug-likeness (QED) is 0.803. The van der Waals surface area contributed by atoms with Crippen LogP contribution in [-0.2, 0) is 18.9 Å². The molecule has 2 aliphatic rings. The number of benzene rings is 1. The third-order valence-electron chi connectivity index (χ3n) is 3.72. The van der Waals surface area contributed by atoms with E-state index in [1.165, 1.54) is 7.11 Å². The Hall–Kier alpha value is -1.02. The van der Waals surface area contributed by atoms with Crippen LogP contribution in [0, 0.1) is 0 Å². The molecule has 3 N–H and O–H groups in total. The van der Waals surface area contributed by atoms with Crippen molar-refractivity contribution in [2.75, 3.05) is 13.7 Å². The van der Waals surface area contributed by atoms with Crippen molar-refractivity contribution in [1.82, 2.24) is 0 Å². The van der Waals surface area contributed by atoms with E-state index in [0.717, 1.165) is 5.56 Å². The van der Waals surface area contributed by atoms with Crippen LogP contribution in [0.3, 0.4) is 0 Å². The van der Waals surface area contributed by atoms with Crippen LogP contribution in [0.1, 0.15) is 11.9 Å². The number of methoxy groups -OCH3 is 1. The van der Waals surface area contributed by atoms with Gasteiger partial charge in [0.1, 0.15) is 18.3 Å². The summed E-state index contributed by atoms with van der Waals surface area (Å²) in [7, 11) is 1.47. The lowest BCUT2D eigenvalue weighted by molar-refractivity contribution is -0.338. The van der Waals surface area contributed by atoms with E-state index in [1.54, 1.807) is 0 Å². The summed E-state index contributed by atoms with van der Waals surface area (Å²) in [6.07, 6.45) is -2.91. The molecule has 0 unspecified atom stereocenters. The average Bonchev–Trinajstić information content (AvgIpc) is 2.51. The SMILES string of the molecule is CO[C@@H]1O[C@H]2CO[C@H](c3ccccc3)O[C@@H]2[C@@H](N)[C@H]1O. The van der Waals surface area contributed by atoms with Crippen molar-refractivity contribution in [2.24, 2.45) is 5.73 Å². The highest BCUT2D eigenvalue weighted by molar-refractivity contribution is 5.16. The van der Waals surface area contributed by atoms with Crippen molar-refractivity contribution in [3.63, 3.8) is 0 Å². The van der Waals surface area contributed by atoms with Crippen LogP contribution >= 0.6 is 0 Å². The first-order chi connectivity index (χ1) is 9.70. The lowest BCUT2D eigenvalue weighted by Crippen LogP contribution is -2.65. The maximum absolute atomic E-state index is 10.0. The Bertz CT molecular complexity index is 440. The normalized spacial score (nSPS) is 41.1. The summed E-state index contributed by atoms with van der Waals surface area (Å²) in [4.78, 5) is 0. The number of fused-ring (bicyclic) bond motifs is 1. The number of rotatable bonds is 2. The van der Waals surface area contributed by atoms with Crippen molar-refractivity contribution < 1.29 is 24.1 Å². The third-order valence-corrected chi connectivity index (χ3v) is 3.72. The first kappa shape index (κ1) is 13.9. The molecule has 2 saturated heterocycles. The molecule has 0 bridgehead atoms. The molecule has 2 heterocycles. The van der Waals surface area contributed by atoms with Crippen LogP contribution in [0.4, 0.5) is 0 Å². The Labute approximate surface area is 117 Å². The molecule has 0 aliphatic carbocycles. The van der Waals surface area contributed by atoms with Gasteiger partial charge in [0.25, 0.3) is 0 Å². The monoisotopic (exact) mass is 281 g/mol. The van der Waals surface area contributed by atoms with Crippen LogP contribution in [0.2, 0.25) is 0 Å². The fourth-order valence-corrected chi connectivity index (χ4v) is 2.61. The van der Waals surface area contributed by atoms with Crippen molar-refractivity contribution in [3.8, 4) is 0 Å². The summed E-state index contributed by atoms with van der Waals surface area (Å²) in [6.45, 7) is 0.352. The smallest absolute Gasteiger partial charge is 0.185 e. The standard InChI is InChI=1S/C14H19NO5/c1-17-14-11(16)10(15)12-9(19-14)7-18-13(20-12)8-5-3-2-4-6-8/h2-6,9-14,16H,7,15H2,1H3/t9-,10-,11+,12-,13-,14+/m0/s1. The number of hydrogen-bond donors (Lipinski definition) is 2. The fourth-order valence-electron chi connectivity index (χ4n) is 2.61. The van der Waals surface area contributed by atoms with E-state index in [-0.39, 0.29) is 6.10 Å². The van der Waals surface area contributed by atoms with Gasteiger partial charge in [0, 0.05) is 12.7 Å². The van der Waals surface area contributed by atoms with E-state index in [2.05, 4.69) is 0 Å². The van der Waals surface area contributed by atoms with E-state index < -0.39 is 30.8 Å². The van der Waals surface area contributed by atoms with Crippen molar-refractivity contribution >= 4 is 0 Å². The molecular formula is C14H19NO5. The average molecular weight is 281 g/mol. The first-order valence-corrected chi connectivity index (χ1v) is 6.64. The second-order valence-electron chi connectivity index (χ2n) is 5.02. The maximum atomic E-state index is 10.0. The molecule has 0 spiro atoms. The van der Waals surface area contributed by atoms with Gasteiger partial charge in [0.15, 0.2) is 12.6 Å². The van der Waals surface area contributed by atoms with E-state index in [4.69, 9.17) is 24.7 Å². The van der Waals surface area contributed by atoms with Crippen LogP contribution in [-0.4, -0.2) is 49.5 Å². The number of aliphatic hydroxyl groups is 1. The highest BCUT2D eigenvalue weighted by Crippen LogP contribution is 2.33. The van der Waals surface area contributed by atoms with E-state index in [0.29, 0.717) is 6.61 Å². The van der Waals surface area contributed by atoms with Crippen LogP contribution in [0.25, 0.3) is 0 Å². The molecule has 3 rings (SSSR count). The van der Waals surface area contributed by atoms with Crippen molar-refractivity contribution in [2.45, 2.75) is 36.9 Å². The Kier molecular flexibility index (Phi) is 4.02. The summed E-state index contributed by atoms with van der Waals surface area (Å²) in [5.41, 5.74) is 6.97. The second-order valence-corrected chi connectivity index (χ2v) is 5.02. The van der Waals surface area contributed by atoms with Gasteiger partial charge in [-0.3, -0.25) is 0 Å². The molecular weight excluding hydrogens is 262 g/mol. The molecule has 0 saturated carbocycles. The summed E-state index contributed by atoms with van der Waals surface area (Å²) in [5, 5.41) is 10.0. The van der Waals surface area contributed by atoms with Gasteiger partial charge in [-0.2, -0.15) is 0 Å². The summed E-state index contributed by atoms with van der Waals surface area (Å²) < 4.78 is 22.2. The highest BCUT2D eigenvalue weighted by Gasteiger charge is 2.48. The number of hydrogen-bond acceptors (Lipinski definition) is 6. The Morgan fingerprint density at radius 3 is 2.70 bits per heavy atom. The molecule has 6 atom stereocenters. The highest BCUT2D eigenvalue weighted by atomic mass is 16.7. The fraction of sp³-hybridized carbons (Fsp3) is 0.571. The van der Waals surface area contributed by atoms with Gasteiger partial charge in [0.2, 0.25) is 0 Å². The molecule has 1 aromatic rings. The minimum atomic E-state index is -0.921. The van der Waals surface area contributed by atoms with Crippen LogP contribution in [0.15, 0.2) is 30.3 Å². The van der Waals surface area contributed by atoms with Gasteiger partial charge in [-0.05, 0) is 0 Å². The minimum Gasteiger partial charge on any atom is -0.386 e. The largest absolute Gasteiger partial charge is 0.386 e. The van der Waals surface area contributed by atoms with Gasteiger partial charge < -0.3 is 29.8 Å². The zero-order valence-corrected chi connectivity index (χ0v) is 11.2. The first-order valence-electron chi connectivity index (χ1n) is 6.64. The molecule has 0 amide bonds. The summed E-state index contributed by atoms with van der Waals surface area (Å²) >= 11 is 0. The van der Waals surface area contributed by atoms with Gasteiger partial charge in [-0.1, -0.05) is 30.3 Å². The molecule has 2 fully saturated rings. The maximum Gasteiger partial charge on any atom is 0.185 e. The molecule has 6 heteroatoms. The van der Waals surface area contributed by atoms with Crippen LogP contribution < -0.4 is 5.73 Å². The minimum absolute atomic E-state index is 0.335. The van der Waals surface area contributed by atoms with E-state index in [9.17, 15) is 5.11 Å². The van der Waals surface area contributed by atoms with E-state index in [1.807, 2.05) is 30.3 Å². The molecule has 2 aliphatic heterocycles. The van der Waals surface area contributed by atoms with Gasteiger partial charge in [-0.25, -0.2) is 0 Å². The van der Waals surface area contributed by atoms with Crippen molar-refractivity contribution in [1.29, 1.82) is 0 Å². The Morgan fingerprint density at radius 2 is 2.00 bits per heavy atom. The molecule has 20 heavy (non-hydrogen) atoms. The molecule has 110 valence electrons. The predicted octanol–water partition coefficient (Wildman–Crippen LogP) is 0.160. The number of ether oxygens (including phenoxy) is 4. The molecule has 1 aromatic carbocycles. The lowest BCUT2D eigenvalue weighted by Gasteiger charge is -2.46. The summed E-state index contributed by atoms with van der Waals surface area (Å²) in [6, 6.07) is 9.04. The molecule has 6 nitrogen and oxygen atoms in total. The summed E-state index contributed by atoms with van der Waals surface area (Å²) in [5.74, 6) is 0. The Morgan fingerprint density at radius 1 is 1.25 bits per heavy atom. The van der Waals surface area contributed by atoms with Crippen molar-refractivity contribution in [3.05, 3.63) is 35.9 Å².